The topological polar surface area (TPSA) is 135 Å². The van der Waals surface area contributed by atoms with Crippen LogP contribution in [0.25, 0.3) is 0 Å². The van der Waals surface area contributed by atoms with Crippen molar-refractivity contribution in [2.24, 2.45) is 0 Å². The zero-order valence-electron chi connectivity index (χ0n) is 7.46. The molecule has 1 heterocycles. The third-order valence-electron chi connectivity index (χ3n) is 1.75. The fraction of sp³-hybridized carbons (Fsp3) is 0.400. The van der Waals surface area contributed by atoms with Crippen molar-refractivity contribution in [1.29, 1.82) is 0 Å². The molecule has 0 aliphatic heterocycles. The van der Waals surface area contributed by atoms with Gasteiger partial charge in [0.1, 0.15) is 18.9 Å². The van der Waals surface area contributed by atoms with Gasteiger partial charge >= 0.3 is 15.2 Å². The van der Waals surface area contributed by atoms with Crippen molar-refractivity contribution in [3.05, 3.63) is 18.7 Å². The van der Waals surface area contributed by atoms with E-state index in [9.17, 15) is 9.13 Å². The highest BCUT2D eigenvalue weighted by molar-refractivity contribution is 7.70. The number of nitrogens with zero attached hydrogens (tertiary/aromatic N) is 1. The molecule has 0 atom stereocenters. The minimum atomic E-state index is -4.84. The van der Waals surface area contributed by atoms with Gasteiger partial charge in [0.05, 0.1) is 0 Å². The van der Waals surface area contributed by atoms with Gasteiger partial charge in [0.25, 0.3) is 0 Å². The van der Waals surface area contributed by atoms with Gasteiger partial charge in [0, 0.05) is 0 Å². The van der Waals surface area contributed by atoms with Crippen LogP contribution < -0.4 is 4.57 Å². The largest absolute Gasteiger partial charge is 0.344 e. The van der Waals surface area contributed by atoms with Crippen LogP contribution in [0.4, 0.5) is 0 Å². The SMILES string of the molecule is O=P(O)(O)C(C[n+]1cc[nH]c1)P(=O)(O)O. The maximum absolute atomic E-state index is 10.9. The average molecular weight is 257 g/mol. The molecular formula is C5H11N2O6P2+. The molecule has 1 rings (SSSR count). The van der Waals surface area contributed by atoms with Crippen LogP contribution in [0.1, 0.15) is 0 Å². The van der Waals surface area contributed by atoms with Crippen LogP contribution in [0.5, 0.6) is 0 Å². The average Bonchev–Trinajstić information content (AvgIpc) is 2.46. The van der Waals surface area contributed by atoms with Gasteiger partial charge in [-0.1, -0.05) is 0 Å². The normalized spacial score (nSPS) is 13.4. The Morgan fingerprint density at radius 1 is 1.20 bits per heavy atom. The van der Waals surface area contributed by atoms with Crippen LogP contribution in [0, 0.1) is 0 Å². The Balaban J connectivity index is 2.95. The molecule has 10 heteroatoms. The molecule has 86 valence electrons. The van der Waals surface area contributed by atoms with Gasteiger partial charge in [-0.2, -0.15) is 0 Å². The van der Waals surface area contributed by atoms with Crippen molar-refractivity contribution in [2.45, 2.75) is 11.9 Å². The fourth-order valence-electron chi connectivity index (χ4n) is 1.03. The Kier molecular flexibility index (Phi) is 3.50. The minimum Gasteiger partial charge on any atom is -0.324 e. The number of hydrogen-bond donors (Lipinski definition) is 5. The summed E-state index contributed by atoms with van der Waals surface area (Å²) in [6, 6.07) is 0. The van der Waals surface area contributed by atoms with Gasteiger partial charge in [-0.15, -0.1) is 0 Å². The molecule has 0 radical (unpaired) electrons. The van der Waals surface area contributed by atoms with Gasteiger partial charge in [-0.3, -0.25) is 14.1 Å². The lowest BCUT2D eigenvalue weighted by Gasteiger charge is -2.17. The van der Waals surface area contributed by atoms with Gasteiger partial charge in [0.15, 0.2) is 5.40 Å². The van der Waals surface area contributed by atoms with Crippen LogP contribution in [-0.2, 0) is 15.7 Å². The van der Waals surface area contributed by atoms with E-state index >= 15 is 0 Å². The summed E-state index contributed by atoms with van der Waals surface area (Å²) in [6.45, 7) is -0.446. The zero-order valence-corrected chi connectivity index (χ0v) is 9.25. The van der Waals surface area contributed by atoms with E-state index in [2.05, 4.69) is 4.98 Å². The van der Waals surface area contributed by atoms with Gasteiger partial charge < -0.3 is 19.6 Å². The molecule has 0 fully saturated rings. The molecule has 5 N–H and O–H groups in total. The molecule has 0 aliphatic rings. The summed E-state index contributed by atoms with van der Waals surface area (Å²) in [4.78, 5) is 37.8. The van der Waals surface area contributed by atoms with E-state index in [4.69, 9.17) is 19.6 Å². The highest BCUT2D eigenvalue weighted by Gasteiger charge is 2.44. The monoisotopic (exact) mass is 257 g/mol. The Morgan fingerprint density at radius 2 is 1.73 bits per heavy atom. The van der Waals surface area contributed by atoms with Crippen molar-refractivity contribution < 1.29 is 33.3 Å². The summed E-state index contributed by atoms with van der Waals surface area (Å²) in [6.07, 6.45) is 4.23. The first-order valence-electron chi connectivity index (χ1n) is 3.83. The van der Waals surface area contributed by atoms with Crippen LogP contribution in [0.15, 0.2) is 18.7 Å². The summed E-state index contributed by atoms with van der Waals surface area (Å²) in [5.74, 6) is 0. The van der Waals surface area contributed by atoms with Gasteiger partial charge in [0.2, 0.25) is 6.33 Å². The highest BCUT2D eigenvalue weighted by atomic mass is 31.2. The number of imidazole rings is 1. The van der Waals surface area contributed by atoms with Crippen LogP contribution >= 0.6 is 15.2 Å². The molecule has 0 unspecified atom stereocenters. The molecule has 8 nitrogen and oxygen atoms in total. The lowest BCUT2D eigenvalue weighted by atomic mass is 10.7. The predicted octanol–water partition coefficient (Wildman–Crippen LogP) is -1.02. The quantitative estimate of drug-likeness (QED) is 0.346. The molecule has 0 saturated carbocycles. The first kappa shape index (κ1) is 12.6. The number of aromatic nitrogens is 2. The van der Waals surface area contributed by atoms with Crippen LogP contribution in [0.3, 0.4) is 0 Å². The van der Waals surface area contributed by atoms with Crippen molar-refractivity contribution in [3.8, 4) is 0 Å². The molecule has 15 heavy (non-hydrogen) atoms. The molecule has 0 saturated heterocycles. The van der Waals surface area contributed by atoms with E-state index in [1.165, 1.54) is 23.3 Å². The second kappa shape index (κ2) is 4.17. The van der Waals surface area contributed by atoms with E-state index in [1.807, 2.05) is 0 Å². The summed E-state index contributed by atoms with van der Waals surface area (Å²) in [7, 11) is -9.67. The highest BCUT2D eigenvalue weighted by Crippen LogP contribution is 2.59. The van der Waals surface area contributed by atoms with E-state index in [0.717, 1.165) is 0 Å². The third kappa shape index (κ3) is 3.53. The third-order valence-corrected chi connectivity index (χ3v) is 5.44. The molecule has 0 amide bonds. The molecule has 1 aromatic heterocycles. The molecule has 0 aromatic carbocycles. The first-order chi connectivity index (χ1) is 6.71. The lowest BCUT2D eigenvalue weighted by Crippen LogP contribution is -2.37. The zero-order chi connectivity index (χ0) is 11.7. The Labute approximate surface area is 84.9 Å². The maximum atomic E-state index is 10.9. The fourth-order valence-corrected chi connectivity index (χ4v) is 3.40. The van der Waals surface area contributed by atoms with E-state index < -0.39 is 27.1 Å². The predicted molar refractivity (Wildman–Crippen MR) is 48.9 cm³/mol. The second-order valence-electron chi connectivity index (χ2n) is 2.97. The summed E-state index contributed by atoms with van der Waals surface area (Å²) in [5.41, 5.74) is 0. The smallest absolute Gasteiger partial charge is 0.324 e. The standard InChI is InChI=1S/C5H10N2O6P2/c8-14(9,10)5(15(11,12)13)3-7-2-1-6-4-7/h1-2,4-5H,3H2,(H4,8,9,10,11,12,13)/p+1. The molecular weight excluding hydrogens is 246 g/mol. The number of aromatic amines is 1. The van der Waals surface area contributed by atoms with Crippen LogP contribution in [0.2, 0.25) is 0 Å². The van der Waals surface area contributed by atoms with E-state index in [1.54, 1.807) is 0 Å². The lowest BCUT2D eigenvalue weighted by molar-refractivity contribution is -0.693. The first-order valence-corrected chi connectivity index (χ1v) is 7.20. The van der Waals surface area contributed by atoms with Crippen molar-refractivity contribution in [1.82, 2.24) is 4.98 Å². The van der Waals surface area contributed by atoms with Crippen LogP contribution in [-0.4, -0.2) is 30.0 Å². The molecule has 0 aliphatic carbocycles. The summed E-state index contributed by atoms with van der Waals surface area (Å²) < 4.78 is 23.0. The Hall–Kier alpha value is -0.490. The van der Waals surface area contributed by atoms with Gasteiger partial charge in [-0.05, 0) is 0 Å². The molecule has 0 bridgehead atoms. The second-order valence-corrected chi connectivity index (χ2v) is 6.98. The number of H-pyrrole nitrogens is 1. The Bertz CT molecular complexity index is 383. The van der Waals surface area contributed by atoms with Crippen molar-refractivity contribution >= 4 is 15.2 Å². The van der Waals surface area contributed by atoms with E-state index in [0.29, 0.717) is 0 Å². The molecule has 0 spiro atoms. The number of nitrogens with one attached hydrogen (secondary N) is 1. The summed E-state index contributed by atoms with van der Waals surface area (Å²) in [5, 5.41) is -2.01. The molecule has 1 aromatic rings. The summed E-state index contributed by atoms with van der Waals surface area (Å²) >= 11 is 0. The minimum absolute atomic E-state index is 0.446. The number of hydrogen-bond acceptors (Lipinski definition) is 2. The van der Waals surface area contributed by atoms with Crippen molar-refractivity contribution in [2.75, 3.05) is 0 Å². The van der Waals surface area contributed by atoms with Gasteiger partial charge in [-0.25, -0.2) is 4.57 Å². The Morgan fingerprint density at radius 3 is 2.07 bits per heavy atom. The maximum Gasteiger partial charge on any atom is 0.344 e. The van der Waals surface area contributed by atoms with E-state index in [-0.39, 0.29) is 0 Å². The number of rotatable bonds is 4. The van der Waals surface area contributed by atoms with Crippen molar-refractivity contribution in [3.63, 3.8) is 0 Å².